The molecule has 0 bridgehead atoms. The maximum atomic E-state index is 12.5. The molecule has 0 aromatic carbocycles. The van der Waals surface area contributed by atoms with E-state index in [0.29, 0.717) is 12.3 Å². The average Bonchev–Trinajstić information content (AvgIpc) is 3.40. The number of hydrogen-bond acceptors (Lipinski definition) is 5. The predicted octanol–water partition coefficient (Wildman–Crippen LogP) is 1.89. The van der Waals surface area contributed by atoms with E-state index in [4.69, 9.17) is 9.84 Å². The number of aryl methyl sites for hydroxylation is 2. The Morgan fingerprint density at radius 1 is 1.15 bits per heavy atom. The molecule has 1 atom stereocenters. The number of piperidine rings is 1. The summed E-state index contributed by atoms with van der Waals surface area (Å²) in [5.41, 5.74) is 3.38. The summed E-state index contributed by atoms with van der Waals surface area (Å²) in [4.78, 5) is 14.5. The van der Waals surface area contributed by atoms with E-state index < -0.39 is 0 Å². The zero-order valence-electron chi connectivity index (χ0n) is 15.1. The summed E-state index contributed by atoms with van der Waals surface area (Å²) in [7, 11) is 0. The number of hydrogen-bond donors (Lipinski definition) is 0. The summed E-state index contributed by atoms with van der Waals surface area (Å²) in [5, 5.41) is 13.6. The minimum atomic E-state index is 0.131. The summed E-state index contributed by atoms with van der Waals surface area (Å²) in [6, 6.07) is 2.14. The Kier molecular flexibility index (Phi) is 4.11. The first-order chi connectivity index (χ1) is 12.8. The third kappa shape index (κ3) is 2.88. The largest absolute Gasteiger partial charge is 0.378 e. The molecule has 2 saturated heterocycles. The molecule has 138 valence electrons. The lowest BCUT2D eigenvalue weighted by atomic mass is 9.95. The number of carbonyl (C=O) groups excluding carboxylic acids is 1. The van der Waals surface area contributed by atoms with Crippen molar-refractivity contribution < 1.29 is 9.53 Å². The molecule has 7 heteroatoms. The molecule has 5 rings (SSSR count). The summed E-state index contributed by atoms with van der Waals surface area (Å²) in [6.45, 7) is 2.38. The fraction of sp³-hybridized carbons (Fsp3) is 0.684. The van der Waals surface area contributed by atoms with Crippen LogP contribution in [0.15, 0.2) is 6.07 Å². The van der Waals surface area contributed by atoms with Gasteiger partial charge in [-0.1, -0.05) is 0 Å². The first-order valence-corrected chi connectivity index (χ1v) is 9.91. The van der Waals surface area contributed by atoms with Crippen LogP contribution in [-0.4, -0.2) is 56.4 Å². The Labute approximate surface area is 152 Å². The van der Waals surface area contributed by atoms with Gasteiger partial charge >= 0.3 is 0 Å². The average molecular weight is 355 g/mol. The van der Waals surface area contributed by atoms with Crippen molar-refractivity contribution in [1.82, 2.24) is 24.7 Å². The van der Waals surface area contributed by atoms with Crippen LogP contribution >= 0.6 is 0 Å². The molecule has 2 aromatic rings. The first-order valence-electron chi connectivity index (χ1n) is 9.91. The Balaban J connectivity index is 1.26. The second-order valence-electron chi connectivity index (χ2n) is 7.79. The fourth-order valence-electron chi connectivity index (χ4n) is 4.57. The van der Waals surface area contributed by atoms with E-state index in [1.54, 1.807) is 0 Å². The van der Waals surface area contributed by atoms with Crippen LogP contribution in [0, 0.1) is 0 Å². The zero-order chi connectivity index (χ0) is 17.5. The van der Waals surface area contributed by atoms with Gasteiger partial charge in [-0.15, -0.1) is 10.2 Å². The van der Waals surface area contributed by atoms with Gasteiger partial charge in [0.15, 0.2) is 11.5 Å². The van der Waals surface area contributed by atoms with E-state index in [0.717, 1.165) is 69.7 Å². The minimum absolute atomic E-state index is 0.131. The van der Waals surface area contributed by atoms with Gasteiger partial charge in [-0.3, -0.25) is 4.79 Å². The van der Waals surface area contributed by atoms with Gasteiger partial charge in [-0.25, -0.2) is 0 Å². The number of fused-ring (bicyclic) bond motifs is 2. The van der Waals surface area contributed by atoms with Crippen molar-refractivity contribution in [3.8, 4) is 0 Å². The highest BCUT2D eigenvalue weighted by Crippen LogP contribution is 2.29. The monoisotopic (exact) mass is 355 g/mol. The van der Waals surface area contributed by atoms with E-state index >= 15 is 0 Å². The topological polar surface area (TPSA) is 72.6 Å². The summed E-state index contributed by atoms with van der Waals surface area (Å²) in [6.07, 6.45) is 7.96. The number of likely N-dealkylation sites (tertiary alicyclic amines) is 1. The van der Waals surface area contributed by atoms with Crippen molar-refractivity contribution in [3.63, 3.8) is 0 Å². The van der Waals surface area contributed by atoms with Crippen LogP contribution in [0.5, 0.6) is 0 Å². The van der Waals surface area contributed by atoms with Gasteiger partial charge in [0.2, 0.25) is 5.91 Å². The van der Waals surface area contributed by atoms with E-state index in [1.165, 1.54) is 17.7 Å². The predicted molar refractivity (Wildman–Crippen MR) is 95.0 cm³/mol. The molecule has 3 aliphatic rings. The second kappa shape index (κ2) is 6.61. The highest BCUT2D eigenvalue weighted by molar-refractivity contribution is 5.76. The number of rotatable bonds is 3. The van der Waals surface area contributed by atoms with Crippen molar-refractivity contribution in [2.24, 2.45) is 0 Å². The molecule has 0 N–H and O–H groups in total. The lowest BCUT2D eigenvalue weighted by Crippen LogP contribution is -2.39. The van der Waals surface area contributed by atoms with Gasteiger partial charge in [0, 0.05) is 25.6 Å². The highest BCUT2D eigenvalue weighted by atomic mass is 16.5. The maximum absolute atomic E-state index is 12.5. The fourth-order valence-corrected chi connectivity index (χ4v) is 4.57. The Morgan fingerprint density at radius 2 is 2.04 bits per heavy atom. The van der Waals surface area contributed by atoms with Gasteiger partial charge in [-0.2, -0.15) is 9.61 Å². The van der Waals surface area contributed by atoms with Crippen LogP contribution in [0.2, 0.25) is 0 Å². The zero-order valence-corrected chi connectivity index (χ0v) is 15.1. The van der Waals surface area contributed by atoms with Crippen molar-refractivity contribution in [3.05, 3.63) is 23.1 Å². The van der Waals surface area contributed by atoms with Crippen LogP contribution < -0.4 is 0 Å². The second-order valence-corrected chi connectivity index (χ2v) is 7.79. The van der Waals surface area contributed by atoms with Crippen LogP contribution in [0.1, 0.15) is 61.5 Å². The number of amides is 1. The Hall–Kier alpha value is -2.02. The molecule has 1 unspecified atom stereocenters. The quantitative estimate of drug-likeness (QED) is 0.841. The normalized spacial score (nSPS) is 23.7. The number of aromatic nitrogens is 4. The molecule has 7 nitrogen and oxygen atoms in total. The molecule has 1 aliphatic carbocycles. The van der Waals surface area contributed by atoms with Gasteiger partial charge in [0.1, 0.15) is 0 Å². The summed E-state index contributed by atoms with van der Waals surface area (Å²) in [5.74, 6) is 1.52. The van der Waals surface area contributed by atoms with Crippen molar-refractivity contribution >= 4 is 11.6 Å². The van der Waals surface area contributed by atoms with E-state index in [1.807, 2.05) is 9.42 Å². The molecule has 1 amide bonds. The molecule has 4 heterocycles. The van der Waals surface area contributed by atoms with Crippen LogP contribution in [0.3, 0.4) is 0 Å². The summed E-state index contributed by atoms with van der Waals surface area (Å²) < 4.78 is 7.54. The first kappa shape index (κ1) is 16.2. The molecule has 0 radical (unpaired) electrons. The smallest absolute Gasteiger partial charge is 0.225 e. The molecule has 2 aliphatic heterocycles. The third-order valence-electron chi connectivity index (χ3n) is 6.08. The van der Waals surface area contributed by atoms with E-state index in [2.05, 4.69) is 16.3 Å². The maximum Gasteiger partial charge on any atom is 0.225 e. The van der Waals surface area contributed by atoms with Crippen LogP contribution in [-0.2, 0) is 22.4 Å². The molecular weight excluding hydrogens is 330 g/mol. The number of carbonyl (C=O) groups is 1. The molecule has 2 fully saturated rings. The number of ether oxygens (including phenoxy) is 1. The van der Waals surface area contributed by atoms with Crippen LogP contribution in [0.4, 0.5) is 0 Å². The van der Waals surface area contributed by atoms with Gasteiger partial charge in [0.25, 0.3) is 0 Å². The molecule has 2 aromatic heterocycles. The standard InChI is InChI=1S/C19H25N5O2/c25-18(12-15-4-2-10-26-15)23-8-6-13(7-9-23)19-21-20-17-11-14-3-1-5-16(14)22-24(17)19/h11,13,15H,1-10,12H2. The molecule has 26 heavy (non-hydrogen) atoms. The van der Waals surface area contributed by atoms with Crippen molar-refractivity contribution in [2.75, 3.05) is 19.7 Å². The van der Waals surface area contributed by atoms with Gasteiger partial charge in [-0.05, 0) is 56.6 Å². The van der Waals surface area contributed by atoms with Crippen LogP contribution in [0.25, 0.3) is 5.65 Å². The Bertz CT molecular complexity index is 819. The molecular formula is C19H25N5O2. The lowest BCUT2D eigenvalue weighted by Gasteiger charge is -2.31. The highest BCUT2D eigenvalue weighted by Gasteiger charge is 2.29. The van der Waals surface area contributed by atoms with Crippen molar-refractivity contribution in [2.45, 2.75) is 63.4 Å². The lowest BCUT2D eigenvalue weighted by molar-refractivity contribution is -0.134. The van der Waals surface area contributed by atoms with Crippen molar-refractivity contribution in [1.29, 1.82) is 0 Å². The van der Waals surface area contributed by atoms with E-state index in [-0.39, 0.29) is 12.0 Å². The summed E-state index contributed by atoms with van der Waals surface area (Å²) >= 11 is 0. The SMILES string of the molecule is O=C(CC1CCCO1)N1CCC(c2nnc3cc4c(nn23)CCC4)CC1. The minimum Gasteiger partial charge on any atom is -0.378 e. The van der Waals surface area contributed by atoms with E-state index in [9.17, 15) is 4.79 Å². The Morgan fingerprint density at radius 3 is 2.85 bits per heavy atom. The molecule has 0 spiro atoms. The molecule has 0 saturated carbocycles. The van der Waals surface area contributed by atoms with Gasteiger partial charge < -0.3 is 9.64 Å². The number of nitrogens with zero attached hydrogens (tertiary/aromatic N) is 5. The third-order valence-corrected chi connectivity index (χ3v) is 6.08. The van der Waals surface area contributed by atoms with Gasteiger partial charge in [0.05, 0.1) is 18.2 Å².